The van der Waals surface area contributed by atoms with E-state index in [2.05, 4.69) is 25.1 Å². The predicted molar refractivity (Wildman–Crippen MR) is 114 cm³/mol. The minimum atomic E-state index is -0.942. The molecule has 9 heteroatoms. The molecule has 30 heavy (non-hydrogen) atoms. The topological polar surface area (TPSA) is 79.5 Å². The number of anilines is 5. The van der Waals surface area contributed by atoms with Gasteiger partial charge in [0, 0.05) is 43.6 Å². The first-order valence-corrected chi connectivity index (χ1v) is 9.51. The predicted octanol–water partition coefficient (Wildman–Crippen LogP) is 3.42. The van der Waals surface area contributed by atoms with E-state index in [9.17, 15) is 8.78 Å². The number of ether oxygens (including phenoxy) is 1. The van der Waals surface area contributed by atoms with Crippen molar-refractivity contribution in [1.82, 2.24) is 9.97 Å². The second kappa shape index (κ2) is 8.40. The van der Waals surface area contributed by atoms with Gasteiger partial charge in [-0.25, -0.2) is 18.7 Å². The van der Waals surface area contributed by atoms with Crippen molar-refractivity contribution < 1.29 is 13.5 Å². The number of nitrogens with one attached hydrogen (secondary N) is 1. The standard InChI is InChI=1S/C21H22F2N6O/c1-30-16-5-3-15(4-6-16)28-8-10-29(11-9-28)21-19(24)20(25-13-26-21)27-14-2-7-17(22)18(23)12-14/h2-7,12-13H,8-11,24H2,1H3,(H,25,26,27). The highest BCUT2D eigenvalue weighted by atomic mass is 19.2. The van der Waals surface area contributed by atoms with E-state index in [1.54, 1.807) is 7.11 Å². The summed E-state index contributed by atoms with van der Waals surface area (Å²) in [4.78, 5) is 12.9. The Hall–Kier alpha value is -3.62. The molecule has 4 rings (SSSR count). The number of nitrogens with two attached hydrogens (primary N) is 1. The van der Waals surface area contributed by atoms with Crippen molar-refractivity contribution in [1.29, 1.82) is 0 Å². The van der Waals surface area contributed by atoms with E-state index in [0.29, 0.717) is 23.0 Å². The first kappa shape index (κ1) is 19.7. The van der Waals surface area contributed by atoms with Gasteiger partial charge in [-0.1, -0.05) is 0 Å². The van der Waals surface area contributed by atoms with Gasteiger partial charge in [0.25, 0.3) is 0 Å². The summed E-state index contributed by atoms with van der Waals surface area (Å²) < 4.78 is 31.8. The van der Waals surface area contributed by atoms with Crippen LogP contribution in [0.1, 0.15) is 0 Å². The summed E-state index contributed by atoms with van der Waals surface area (Å²) in [6.07, 6.45) is 1.41. The Kier molecular flexibility index (Phi) is 5.51. The van der Waals surface area contributed by atoms with E-state index in [0.717, 1.165) is 49.7 Å². The maximum atomic E-state index is 13.5. The fourth-order valence-corrected chi connectivity index (χ4v) is 3.42. The van der Waals surface area contributed by atoms with Crippen LogP contribution in [0.15, 0.2) is 48.8 Å². The van der Waals surface area contributed by atoms with Gasteiger partial charge in [-0.15, -0.1) is 0 Å². The van der Waals surface area contributed by atoms with Gasteiger partial charge >= 0.3 is 0 Å². The van der Waals surface area contributed by atoms with Crippen LogP contribution in [0.2, 0.25) is 0 Å². The molecule has 0 bridgehead atoms. The van der Waals surface area contributed by atoms with Gasteiger partial charge in [-0.3, -0.25) is 0 Å². The van der Waals surface area contributed by atoms with Crippen LogP contribution in [0.3, 0.4) is 0 Å². The Balaban J connectivity index is 1.45. The van der Waals surface area contributed by atoms with Crippen molar-refractivity contribution in [2.24, 2.45) is 0 Å². The molecule has 0 amide bonds. The molecule has 0 radical (unpaired) electrons. The van der Waals surface area contributed by atoms with Gasteiger partial charge in [0.2, 0.25) is 0 Å². The molecule has 0 unspecified atom stereocenters. The maximum Gasteiger partial charge on any atom is 0.160 e. The summed E-state index contributed by atoms with van der Waals surface area (Å²) in [6, 6.07) is 11.5. The van der Waals surface area contributed by atoms with Gasteiger partial charge in [-0.05, 0) is 36.4 Å². The minimum Gasteiger partial charge on any atom is -0.497 e. The first-order chi connectivity index (χ1) is 14.5. The number of piperazine rings is 1. The highest BCUT2D eigenvalue weighted by Gasteiger charge is 2.21. The number of hydrogen-bond acceptors (Lipinski definition) is 7. The van der Waals surface area contributed by atoms with Gasteiger partial charge in [0.05, 0.1) is 7.11 Å². The van der Waals surface area contributed by atoms with Crippen LogP contribution in [-0.2, 0) is 0 Å². The molecule has 0 spiro atoms. The van der Waals surface area contributed by atoms with Crippen molar-refractivity contribution in [3.63, 3.8) is 0 Å². The number of aromatic nitrogens is 2. The van der Waals surface area contributed by atoms with Gasteiger partial charge < -0.3 is 25.6 Å². The van der Waals surface area contributed by atoms with Crippen molar-refractivity contribution >= 4 is 28.7 Å². The van der Waals surface area contributed by atoms with Crippen LogP contribution in [0, 0.1) is 11.6 Å². The lowest BCUT2D eigenvalue weighted by atomic mass is 10.2. The lowest BCUT2D eigenvalue weighted by Crippen LogP contribution is -2.47. The van der Waals surface area contributed by atoms with E-state index in [4.69, 9.17) is 10.5 Å². The van der Waals surface area contributed by atoms with Crippen LogP contribution in [0.4, 0.5) is 37.5 Å². The van der Waals surface area contributed by atoms with Crippen LogP contribution in [0.5, 0.6) is 5.75 Å². The normalized spacial score (nSPS) is 14.0. The van der Waals surface area contributed by atoms with E-state index in [1.807, 2.05) is 24.3 Å². The Labute approximate surface area is 173 Å². The highest BCUT2D eigenvalue weighted by Crippen LogP contribution is 2.30. The van der Waals surface area contributed by atoms with Crippen molar-refractivity contribution in [3.8, 4) is 5.75 Å². The zero-order valence-electron chi connectivity index (χ0n) is 16.5. The van der Waals surface area contributed by atoms with Crippen molar-refractivity contribution in [2.75, 3.05) is 54.1 Å². The van der Waals surface area contributed by atoms with Gasteiger partial charge in [0.15, 0.2) is 23.3 Å². The third-order valence-electron chi connectivity index (χ3n) is 5.06. The summed E-state index contributed by atoms with van der Waals surface area (Å²) in [5.41, 5.74) is 8.13. The molecule has 156 valence electrons. The van der Waals surface area contributed by atoms with E-state index < -0.39 is 11.6 Å². The van der Waals surface area contributed by atoms with Crippen molar-refractivity contribution in [3.05, 3.63) is 60.4 Å². The summed E-state index contributed by atoms with van der Waals surface area (Å²) >= 11 is 0. The fourth-order valence-electron chi connectivity index (χ4n) is 3.42. The zero-order chi connectivity index (χ0) is 21.1. The number of nitrogen functional groups attached to an aromatic ring is 1. The zero-order valence-corrected chi connectivity index (χ0v) is 16.5. The van der Waals surface area contributed by atoms with Gasteiger partial charge in [0.1, 0.15) is 17.8 Å². The third-order valence-corrected chi connectivity index (χ3v) is 5.06. The molecular weight excluding hydrogens is 390 g/mol. The summed E-state index contributed by atoms with van der Waals surface area (Å²) in [6.45, 7) is 3.08. The minimum absolute atomic E-state index is 0.351. The van der Waals surface area contributed by atoms with E-state index in [-0.39, 0.29) is 0 Å². The number of hydrogen-bond donors (Lipinski definition) is 2. The lowest BCUT2D eigenvalue weighted by molar-refractivity contribution is 0.415. The quantitative estimate of drug-likeness (QED) is 0.665. The molecule has 0 saturated carbocycles. The molecule has 1 saturated heterocycles. The Bertz CT molecular complexity index is 1020. The monoisotopic (exact) mass is 412 g/mol. The van der Waals surface area contributed by atoms with Crippen LogP contribution in [-0.4, -0.2) is 43.3 Å². The molecule has 0 aliphatic carbocycles. The van der Waals surface area contributed by atoms with E-state index in [1.165, 1.54) is 12.4 Å². The molecule has 1 aromatic heterocycles. The average molecular weight is 412 g/mol. The fraction of sp³-hybridized carbons (Fsp3) is 0.238. The molecule has 2 heterocycles. The van der Waals surface area contributed by atoms with Crippen LogP contribution in [0.25, 0.3) is 0 Å². The largest absolute Gasteiger partial charge is 0.497 e. The third kappa shape index (κ3) is 4.05. The van der Waals surface area contributed by atoms with Crippen molar-refractivity contribution in [2.45, 2.75) is 0 Å². The number of rotatable bonds is 5. The number of benzene rings is 2. The van der Waals surface area contributed by atoms with Crippen LogP contribution >= 0.6 is 0 Å². The van der Waals surface area contributed by atoms with E-state index >= 15 is 0 Å². The average Bonchev–Trinajstić information content (AvgIpc) is 2.78. The highest BCUT2D eigenvalue weighted by molar-refractivity contribution is 5.78. The molecule has 1 fully saturated rings. The molecule has 3 aromatic rings. The Morgan fingerprint density at radius 1 is 0.933 bits per heavy atom. The number of halogens is 2. The summed E-state index contributed by atoms with van der Waals surface area (Å²) in [5.74, 6) is -0.0607. The number of nitrogens with zero attached hydrogens (tertiary/aromatic N) is 4. The Morgan fingerprint density at radius 3 is 2.30 bits per heavy atom. The smallest absolute Gasteiger partial charge is 0.160 e. The maximum absolute atomic E-state index is 13.5. The molecule has 2 aromatic carbocycles. The molecule has 1 aliphatic rings. The number of methoxy groups -OCH3 is 1. The summed E-state index contributed by atoms with van der Waals surface area (Å²) in [7, 11) is 1.65. The second-order valence-corrected chi connectivity index (χ2v) is 6.89. The van der Waals surface area contributed by atoms with Gasteiger partial charge in [-0.2, -0.15) is 0 Å². The molecule has 1 aliphatic heterocycles. The molecule has 7 nitrogen and oxygen atoms in total. The molecular formula is C21H22F2N6O. The second-order valence-electron chi connectivity index (χ2n) is 6.89. The molecule has 0 atom stereocenters. The van der Waals surface area contributed by atoms with Crippen LogP contribution < -0.4 is 25.6 Å². The summed E-state index contributed by atoms with van der Waals surface area (Å²) in [5, 5.41) is 2.93. The molecule has 3 N–H and O–H groups in total. The lowest BCUT2D eigenvalue weighted by Gasteiger charge is -2.37. The Morgan fingerprint density at radius 2 is 1.63 bits per heavy atom. The first-order valence-electron chi connectivity index (χ1n) is 9.51. The SMILES string of the molecule is COc1ccc(N2CCN(c3ncnc(Nc4ccc(F)c(F)c4)c3N)CC2)cc1.